The summed E-state index contributed by atoms with van der Waals surface area (Å²) in [7, 11) is 0. The van der Waals surface area contributed by atoms with E-state index in [-0.39, 0.29) is 0 Å². The number of hydrogen-bond acceptors (Lipinski definition) is 7. The van der Waals surface area contributed by atoms with Crippen LogP contribution in [0.3, 0.4) is 0 Å². The van der Waals surface area contributed by atoms with Gasteiger partial charge in [-0.3, -0.25) is 0 Å². The van der Waals surface area contributed by atoms with Crippen molar-refractivity contribution in [2.45, 2.75) is 13.5 Å². The Morgan fingerprint density at radius 3 is 2.48 bits per heavy atom. The molecule has 25 heavy (non-hydrogen) atoms. The lowest BCUT2D eigenvalue weighted by Gasteiger charge is -2.22. The van der Waals surface area contributed by atoms with Gasteiger partial charge in [-0.25, -0.2) is 24.9 Å². The highest BCUT2D eigenvalue weighted by atomic mass is 15.3. The monoisotopic (exact) mass is 336 g/mol. The molecular weight excluding hydrogens is 316 g/mol. The first-order valence-electron chi connectivity index (χ1n) is 8.75. The molecule has 0 aromatic carbocycles. The molecule has 128 valence electrons. The third-order valence-electron chi connectivity index (χ3n) is 5.40. The molecule has 2 atom stereocenters. The van der Waals surface area contributed by atoms with Crippen molar-refractivity contribution in [2.75, 3.05) is 36.0 Å². The Morgan fingerprint density at radius 2 is 1.76 bits per heavy atom. The molecule has 0 radical (unpaired) electrons. The van der Waals surface area contributed by atoms with E-state index in [0.717, 1.165) is 55.5 Å². The molecule has 3 aromatic rings. The number of imidazole rings is 1. The molecule has 0 amide bonds. The third-order valence-corrected chi connectivity index (χ3v) is 5.40. The summed E-state index contributed by atoms with van der Waals surface area (Å²) >= 11 is 0. The van der Waals surface area contributed by atoms with Crippen LogP contribution < -0.4 is 9.80 Å². The summed E-state index contributed by atoms with van der Waals surface area (Å²) in [6.45, 7) is 7.07. The lowest BCUT2D eigenvalue weighted by Crippen LogP contribution is -2.29. The highest BCUT2D eigenvalue weighted by Crippen LogP contribution is 2.36. The predicted molar refractivity (Wildman–Crippen MR) is 94.4 cm³/mol. The van der Waals surface area contributed by atoms with Crippen LogP contribution in [0.1, 0.15) is 6.92 Å². The number of nitrogens with zero attached hydrogens (tertiary/aromatic N) is 8. The molecule has 8 nitrogen and oxygen atoms in total. The highest BCUT2D eigenvalue weighted by molar-refractivity contribution is 5.83. The van der Waals surface area contributed by atoms with Crippen LogP contribution in [0.5, 0.6) is 0 Å². The van der Waals surface area contributed by atoms with E-state index in [1.54, 1.807) is 12.7 Å². The normalized spacial score (nSPS) is 22.8. The maximum absolute atomic E-state index is 4.56. The van der Waals surface area contributed by atoms with Crippen molar-refractivity contribution in [2.24, 2.45) is 11.8 Å². The van der Waals surface area contributed by atoms with Crippen LogP contribution in [-0.2, 0) is 6.54 Å². The smallest absolute Gasteiger partial charge is 0.165 e. The second-order valence-corrected chi connectivity index (χ2v) is 6.80. The fourth-order valence-electron chi connectivity index (χ4n) is 4.16. The first-order valence-corrected chi connectivity index (χ1v) is 8.75. The first-order chi connectivity index (χ1) is 12.3. The topological polar surface area (TPSA) is 75.9 Å². The van der Waals surface area contributed by atoms with E-state index in [2.05, 4.69) is 46.2 Å². The Balaban J connectivity index is 1.37. The predicted octanol–water partition coefficient (Wildman–Crippen LogP) is 1.21. The van der Waals surface area contributed by atoms with Gasteiger partial charge >= 0.3 is 0 Å². The molecule has 0 bridgehead atoms. The van der Waals surface area contributed by atoms with Gasteiger partial charge in [-0.15, -0.1) is 0 Å². The highest BCUT2D eigenvalue weighted by Gasteiger charge is 2.41. The van der Waals surface area contributed by atoms with Crippen molar-refractivity contribution in [3.63, 3.8) is 0 Å². The lowest BCUT2D eigenvalue weighted by atomic mass is 10.0. The van der Waals surface area contributed by atoms with Crippen molar-refractivity contribution in [1.29, 1.82) is 0 Å². The number of fused-ring (bicyclic) bond motifs is 2. The van der Waals surface area contributed by atoms with Gasteiger partial charge in [-0.05, 0) is 13.0 Å². The molecule has 2 unspecified atom stereocenters. The van der Waals surface area contributed by atoms with Crippen LogP contribution in [0.15, 0.2) is 31.2 Å². The zero-order valence-electron chi connectivity index (χ0n) is 14.2. The largest absolute Gasteiger partial charge is 0.356 e. The molecule has 0 saturated carbocycles. The summed E-state index contributed by atoms with van der Waals surface area (Å²) in [4.78, 5) is 26.7. The van der Waals surface area contributed by atoms with E-state index < -0.39 is 0 Å². The minimum atomic E-state index is 0.633. The molecule has 2 aliphatic rings. The molecule has 0 aliphatic carbocycles. The van der Waals surface area contributed by atoms with Gasteiger partial charge in [0.25, 0.3) is 0 Å². The van der Waals surface area contributed by atoms with E-state index >= 15 is 0 Å². The Bertz CT molecular complexity index is 878. The average Bonchev–Trinajstić information content (AvgIpc) is 3.34. The van der Waals surface area contributed by atoms with Crippen LogP contribution in [0.25, 0.3) is 11.2 Å². The lowest BCUT2D eigenvalue weighted by molar-refractivity contribution is 0.533. The SMILES string of the molecule is CCn1cnc2c(N3CC4CN(c5ccncn5)CC4C3)ncnc21. The van der Waals surface area contributed by atoms with Crippen LogP contribution >= 0.6 is 0 Å². The fraction of sp³-hybridized carbons (Fsp3) is 0.471. The summed E-state index contributed by atoms with van der Waals surface area (Å²) in [5, 5.41) is 0. The Kier molecular flexibility index (Phi) is 3.29. The summed E-state index contributed by atoms with van der Waals surface area (Å²) in [5.74, 6) is 3.27. The number of aryl methyl sites for hydroxylation is 1. The summed E-state index contributed by atoms with van der Waals surface area (Å²) in [6, 6.07) is 1.99. The van der Waals surface area contributed by atoms with Gasteiger partial charge in [0.05, 0.1) is 6.33 Å². The standard InChI is InChI=1S/C17H20N8/c1-2-23-11-22-15-16(23)20-10-21-17(15)25-7-12-5-24(6-13(12)8-25)14-3-4-18-9-19-14/h3-4,9-13H,2,5-8H2,1H3. The summed E-state index contributed by atoms with van der Waals surface area (Å²) in [5.41, 5.74) is 1.84. The van der Waals surface area contributed by atoms with Gasteiger partial charge < -0.3 is 14.4 Å². The Labute approximate surface area is 145 Å². The van der Waals surface area contributed by atoms with Crippen molar-refractivity contribution in [3.05, 3.63) is 31.2 Å². The second kappa shape index (κ2) is 5.65. The van der Waals surface area contributed by atoms with Gasteiger partial charge in [0.1, 0.15) is 18.5 Å². The molecule has 5 heterocycles. The minimum absolute atomic E-state index is 0.633. The Hall–Kier alpha value is -2.77. The van der Waals surface area contributed by atoms with Crippen molar-refractivity contribution in [3.8, 4) is 0 Å². The van der Waals surface area contributed by atoms with E-state index in [1.165, 1.54) is 0 Å². The van der Waals surface area contributed by atoms with Gasteiger partial charge in [-0.1, -0.05) is 0 Å². The van der Waals surface area contributed by atoms with Crippen molar-refractivity contribution < 1.29 is 0 Å². The van der Waals surface area contributed by atoms with E-state index in [9.17, 15) is 0 Å². The third kappa shape index (κ3) is 2.32. The molecule has 2 saturated heterocycles. The van der Waals surface area contributed by atoms with Crippen LogP contribution in [0.2, 0.25) is 0 Å². The van der Waals surface area contributed by atoms with E-state index in [4.69, 9.17) is 0 Å². The molecule has 0 N–H and O–H groups in total. The van der Waals surface area contributed by atoms with Gasteiger partial charge in [0.15, 0.2) is 17.0 Å². The summed E-state index contributed by atoms with van der Waals surface area (Å²) in [6.07, 6.45) is 6.95. The molecule has 2 fully saturated rings. The summed E-state index contributed by atoms with van der Waals surface area (Å²) < 4.78 is 2.06. The first kappa shape index (κ1) is 14.6. The van der Waals surface area contributed by atoms with Gasteiger partial charge in [0, 0.05) is 50.8 Å². The zero-order valence-corrected chi connectivity index (χ0v) is 14.2. The molecule has 2 aliphatic heterocycles. The Morgan fingerprint density at radius 1 is 0.960 bits per heavy atom. The van der Waals surface area contributed by atoms with Gasteiger partial charge in [-0.2, -0.15) is 0 Å². The molecule has 5 rings (SSSR count). The molecule has 8 heteroatoms. The number of anilines is 2. The van der Waals surface area contributed by atoms with E-state index in [1.807, 2.05) is 18.6 Å². The number of hydrogen-bond donors (Lipinski definition) is 0. The van der Waals surface area contributed by atoms with Crippen LogP contribution in [0.4, 0.5) is 11.6 Å². The minimum Gasteiger partial charge on any atom is -0.356 e. The zero-order chi connectivity index (χ0) is 16.8. The molecular formula is C17H20N8. The molecule has 3 aromatic heterocycles. The van der Waals surface area contributed by atoms with Crippen molar-refractivity contribution >= 4 is 22.8 Å². The number of rotatable bonds is 3. The second-order valence-electron chi connectivity index (χ2n) is 6.80. The maximum Gasteiger partial charge on any atom is 0.165 e. The molecule has 0 spiro atoms. The quantitative estimate of drug-likeness (QED) is 0.711. The van der Waals surface area contributed by atoms with Crippen molar-refractivity contribution in [1.82, 2.24) is 29.5 Å². The van der Waals surface area contributed by atoms with Crippen LogP contribution in [-0.4, -0.2) is 55.7 Å². The average molecular weight is 336 g/mol. The van der Waals surface area contributed by atoms with Gasteiger partial charge in [0.2, 0.25) is 0 Å². The number of aromatic nitrogens is 6. The van der Waals surface area contributed by atoms with E-state index in [0.29, 0.717) is 11.8 Å². The van der Waals surface area contributed by atoms with Crippen LogP contribution in [0, 0.1) is 11.8 Å². The fourth-order valence-corrected chi connectivity index (χ4v) is 4.16. The maximum atomic E-state index is 4.56.